The highest BCUT2D eigenvalue weighted by molar-refractivity contribution is 5.82. The zero-order valence-corrected chi connectivity index (χ0v) is 11.0. The largest absolute Gasteiger partial charge is 0.354 e. The van der Waals surface area contributed by atoms with Gasteiger partial charge in [0.25, 0.3) is 0 Å². The van der Waals surface area contributed by atoms with Gasteiger partial charge in [-0.25, -0.2) is 0 Å². The van der Waals surface area contributed by atoms with E-state index in [0.717, 1.165) is 22.2 Å². The highest BCUT2D eigenvalue weighted by Gasteiger charge is 2.08. The molecule has 2 heteroatoms. The first-order chi connectivity index (χ1) is 9.16. The van der Waals surface area contributed by atoms with Gasteiger partial charge in [-0.2, -0.15) is 0 Å². The Morgan fingerprint density at radius 3 is 2.32 bits per heavy atom. The fraction of sp³-hybridized carbons (Fsp3) is 0.118. The third-order valence-electron chi connectivity index (χ3n) is 3.49. The number of aromatic nitrogens is 1. The minimum Gasteiger partial charge on any atom is -0.354 e. The normalized spacial score (nSPS) is 10.8. The molecule has 0 aliphatic rings. The lowest BCUT2D eigenvalue weighted by molar-refractivity contribution is 1.31. The van der Waals surface area contributed by atoms with Crippen molar-refractivity contribution in [2.24, 2.45) is 0 Å². The molecule has 0 atom stereocenters. The number of benzene rings is 2. The second-order valence-corrected chi connectivity index (χ2v) is 4.86. The van der Waals surface area contributed by atoms with Gasteiger partial charge in [0.2, 0.25) is 0 Å². The van der Waals surface area contributed by atoms with Crippen LogP contribution in [0.4, 0.5) is 0 Å². The van der Waals surface area contributed by atoms with Crippen molar-refractivity contribution in [1.29, 1.82) is 0 Å². The van der Waals surface area contributed by atoms with E-state index in [1.807, 2.05) is 30.3 Å². The smallest absolute Gasteiger partial charge is 0.190 e. The van der Waals surface area contributed by atoms with Crippen molar-refractivity contribution in [3.8, 4) is 11.3 Å². The molecular formula is C17H15NO. The molecule has 0 unspecified atom stereocenters. The van der Waals surface area contributed by atoms with Crippen molar-refractivity contribution in [1.82, 2.24) is 4.98 Å². The van der Waals surface area contributed by atoms with Crippen LogP contribution in [0.2, 0.25) is 0 Å². The summed E-state index contributed by atoms with van der Waals surface area (Å²) in [6.45, 7) is 4.13. The molecule has 19 heavy (non-hydrogen) atoms. The van der Waals surface area contributed by atoms with Crippen LogP contribution in [0, 0.1) is 13.8 Å². The number of aromatic amines is 1. The van der Waals surface area contributed by atoms with Crippen molar-refractivity contribution in [3.05, 3.63) is 69.9 Å². The van der Waals surface area contributed by atoms with Gasteiger partial charge < -0.3 is 4.98 Å². The summed E-state index contributed by atoms with van der Waals surface area (Å²) >= 11 is 0. The predicted molar refractivity (Wildman–Crippen MR) is 79.5 cm³/mol. The molecule has 0 aliphatic carbocycles. The molecule has 0 saturated carbocycles. The molecule has 94 valence electrons. The summed E-state index contributed by atoms with van der Waals surface area (Å²) in [6, 6.07) is 15.5. The van der Waals surface area contributed by atoms with Crippen molar-refractivity contribution in [3.63, 3.8) is 0 Å². The number of nitrogens with one attached hydrogen (secondary N) is 1. The Bertz CT molecular complexity index is 795. The zero-order chi connectivity index (χ0) is 13.4. The number of hydrogen-bond donors (Lipinski definition) is 1. The average molecular weight is 249 g/mol. The topological polar surface area (TPSA) is 32.9 Å². The summed E-state index contributed by atoms with van der Waals surface area (Å²) in [5, 5.41) is 0.734. The number of rotatable bonds is 1. The maximum Gasteiger partial charge on any atom is 0.190 e. The van der Waals surface area contributed by atoms with Crippen molar-refractivity contribution in [2.75, 3.05) is 0 Å². The summed E-state index contributed by atoms with van der Waals surface area (Å²) in [4.78, 5) is 15.5. The quantitative estimate of drug-likeness (QED) is 0.699. The third kappa shape index (κ3) is 1.95. The zero-order valence-electron chi connectivity index (χ0n) is 11.0. The lowest BCUT2D eigenvalue weighted by Gasteiger charge is -2.10. The maximum atomic E-state index is 12.2. The first kappa shape index (κ1) is 11.7. The Labute approximate surface area is 111 Å². The molecule has 0 radical (unpaired) electrons. The molecule has 0 fully saturated rings. The minimum absolute atomic E-state index is 0.0620. The second kappa shape index (κ2) is 4.39. The SMILES string of the molecule is Cc1cccc(C)c1-c1cc(=O)c2ccccc2[nH]1. The van der Waals surface area contributed by atoms with Crippen LogP contribution >= 0.6 is 0 Å². The average Bonchev–Trinajstić information content (AvgIpc) is 2.38. The predicted octanol–water partition coefficient (Wildman–Crippen LogP) is 3.81. The third-order valence-corrected chi connectivity index (χ3v) is 3.49. The molecular weight excluding hydrogens is 234 g/mol. The number of para-hydroxylation sites is 1. The van der Waals surface area contributed by atoms with Crippen molar-refractivity contribution >= 4 is 10.9 Å². The molecule has 0 aliphatic heterocycles. The van der Waals surface area contributed by atoms with Crippen LogP contribution in [0.5, 0.6) is 0 Å². The molecule has 3 rings (SSSR count). The standard InChI is InChI=1S/C17H15NO/c1-11-6-5-7-12(2)17(11)15-10-16(19)13-8-3-4-9-14(13)18-15/h3-10H,1-2H3,(H,18,19). The Kier molecular flexibility index (Phi) is 2.71. The van der Waals surface area contributed by atoms with Gasteiger partial charge in [0.1, 0.15) is 0 Å². The molecule has 2 nitrogen and oxygen atoms in total. The van der Waals surface area contributed by atoms with Crippen LogP contribution in [0.15, 0.2) is 53.3 Å². The van der Waals surface area contributed by atoms with E-state index in [9.17, 15) is 4.79 Å². The van der Waals surface area contributed by atoms with Crippen LogP contribution in [0.25, 0.3) is 22.2 Å². The van der Waals surface area contributed by atoms with E-state index in [1.54, 1.807) is 6.07 Å². The monoisotopic (exact) mass is 249 g/mol. The number of pyridine rings is 1. The number of H-pyrrole nitrogens is 1. The molecule has 1 N–H and O–H groups in total. The Balaban J connectivity index is 2.35. The van der Waals surface area contributed by atoms with Gasteiger partial charge in [-0.3, -0.25) is 4.79 Å². The second-order valence-electron chi connectivity index (χ2n) is 4.86. The summed E-state index contributed by atoms with van der Waals surface area (Å²) in [5.41, 5.74) is 5.29. The molecule has 0 bridgehead atoms. The van der Waals surface area contributed by atoms with Crippen LogP contribution in [0.1, 0.15) is 11.1 Å². The summed E-state index contributed by atoms with van der Waals surface area (Å²) in [7, 11) is 0. The molecule has 1 heterocycles. The summed E-state index contributed by atoms with van der Waals surface area (Å²) < 4.78 is 0. The van der Waals surface area contributed by atoms with E-state index in [-0.39, 0.29) is 5.43 Å². The maximum absolute atomic E-state index is 12.2. The first-order valence-corrected chi connectivity index (χ1v) is 6.35. The minimum atomic E-state index is 0.0620. The summed E-state index contributed by atoms with van der Waals surface area (Å²) in [6.07, 6.45) is 0. The van der Waals surface area contributed by atoms with E-state index in [0.29, 0.717) is 0 Å². The van der Waals surface area contributed by atoms with Gasteiger partial charge in [0.05, 0.1) is 5.69 Å². The van der Waals surface area contributed by atoms with Gasteiger partial charge in [-0.1, -0.05) is 30.3 Å². The molecule has 0 amide bonds. The van der Waals surface area contributed by atoms with Gasteiger partial charge >= 0.3 is 0 Å². The van der Waals surface area contributed by atoms with Gasteiger partial charge in [0.15, 0.2) is 5.43 Å². The summed E-state index contributed by atoms with van der Waals surface area (Å²) in [5.74, 6) is 0. The van der Waals surface area contributed by atoms with Crippen molar-refractivity contribution in [2.45, 2.75) is 13.8 Å². The Morgan fingerprint density at radius 2 is 1.58 bits per heavy atom. The van der Waals surface area contributed by atoms with E-state index >= 15 is 0 Å². The van der Waals surface area contributed by atoms with E-state index in [2.05, 4.69) is 31.0 Å². The number of hydrogen-bond acceptors (Lipinski definition) is 1. The molecule has 0 spiro atoms. The van der Waals surface area contributed by atoms with Crippen LogP contribution < -0.4 is 5.43 Å². The molecule has 1 aromatic heterocycles. The van der Waals surface area contributed by atoms with Crippen LogP contribution in [-0.4, -0.2) is 4.98 Å². The Morgan fingerprint density at radius 1 is 0.895 bits per heavy atom. The molecule has 0 saturated heterocycles. The van der Waals surface area contributed by atoms with Gasteiger partial charge in [0, 0.05) is 22.5 Å². The Hall–Kier alpha value is -2.35. The van der Waals surface area contributed by atoms with Crippen LogP contribution in [-0.2, 0) is 0 Å². The highest BCUT2D eigenvalue weighted by Crippen LogP contribution is 2.25. The van der Waals surface area contributed by atoms with E-state index < -0.39 is 0 Å². The lowest BCUT2D eigenvalue weighted by atomic mass is 9.99. The fourth-order valence-electron chi connectivity index (χ4n) is 2.57. The number of fused-ring (bicyclic) bond motifs is 1. The fourth-order valence-corrected chi connectivity index (χ4v) is 2.57. The van der Waals surface area contributed by atoms with E-state index in [4.69, 9.17) is 0 Å². The number of aryl methyl sites for hydroxylation is 2. The van der Waals surface area contributed by atoms with E-state index in [1.165, 1.54) is 11.1 Å². The molecule has 3 aromatic rings. The highest BCUT2D eigenvalue weighted by atomic mass is 16.1. The molecule has 2 aromatic carbocycles. The van der Waals surface area contributed by atoms with Gasteiger partial charge in [-0.05, 0) is 37.1 Å². The van der Waals surface area contributed by atoms with Gasteiger partial charge in [-0.15, -0.1) is 0 Å². The van der Waals surface area contributed by atoms with Crippen LogP contribution in [0.3, 0.4) is 0 Å². The lowest BCUT2D eigenvalue weighted by Crippen LogP contribution is -2.03. The van der Waals surface area contributed by atoms with Crippen molar-refractivity contribution < 1.29 is 0 Å². The first-order valence-electron chi connectivity index (χ1n) is 6.35.